The van der Waals surface area contributed by atoms with Gasteiger partial charge in [-0.25, -0.2) is 0 Å². The number of carbonyl (C=O) groups is 2. The predicted octanol–water partition coefficient (Wildman–Crippen LogP) is 3.31. The summed E-state index contributed by atoms with van der Waals surface area (Å²) in [5, 5.41) is 0. The van der Waals surface area contributed by atoms with Crippen LogP contribution in [0.15, 0.2) is 18.2 Å². The smallest absolute Gasteiger partial charge is 0.260 e. The molecule has 140 valence electrons. The second kappa shape index (κ2) is 7.51. The first-order chi connectivity index (χ1) is 12.7. The van der Waals surface area contributed by atoms with Gasteiger partial charge in [0.1, 0.15) is 17.1 Å². The largest absolute Gasteiger partial charge is 0.486 e. The summed E-state index contributed by atoms with van der Waals surface area (Å²) in [4.78, 5) is 26.7. The maximum Gasteiger partial charge on any atom is 0.260 e. The van der Waals surface area contributed by atoms with Gasteiger partial charge in [0.25, 0.3) is 5.91 Å². The molecule has 1 aromatic carbocycles. The van der Waals surface area contributed by atoms with Crippen molar-refractivity contribution in [3.05, 3.63) is 23.8 Å². The van der Waals surface area contributed by atoms with Crippen LogP contribution in [0.5, 0.6) is 11.5 Å². The third kappa shape index (κ3) is 3.70. The standard InChI is InChI=1S/C20H25NO4S/c22-17-13-20(6-2-1-3-7-20)25-18-12-15(4-5-16(17)18)24-14-19(23)21-8-10-26-11-9-21/h4-5,12H,1-3,6-11,13-14H2. The quantitative estimate of drug-likeness (QED) is 0.811. The van der Waals surface area contributed by atoms with Crippen LogP contribution in [0.2, 0.25) is 0 Å². The highest BCUT2D eigenvalue weighted by Gasteiger charge is 2.41. The molecule has 0 aromatic heterocycles. The van der Waals surface area contributed by atoms with Crippen LogP contribution in [-0.2, 0) is 4.79 Å². The Bertz CT molecular complexity index is 693. The van der Waals surface area contributed by atoms with Crippen LogP contribution in [0.4, 0.5) is 0 Å². The summed E-state index contributed by atoms with van der Waals surface area (Å²) in [6.45, 7) is 1.61. The van der Waals surface area contributed by atoms with Crippen molar-refractivity contribution in [2.24, 2.45) is 0 Å². The molecule has 1 aliphatic carbocycles. The molecule has 0 radical (unpaired) electrons. The van der Waals surface area contributed by atoms with Gasteiger partial charge in [0.2, 0.25) is 0 Å². The van der Waals surface area contributed by atoms with E-state index in [2.05, 4.69) is 0 Å². The van der Waals surface area contributed by atoms with Gasteiger partial charge in [-0.15, -0.1) is 0 Å². The fourth-order valence-electron chi connectivity index (χ4n) is 4.09. The molecule has 1 aromatic rings. The van der Waals surface area contributed by atoms with Gasteiger partial charge in [0, 0.05) is 30.7 Å². The van der Waals surface area contributed by atoms with Crippen LogP contribution in [0.1, 0.15) is 48.9 Å². The monoisotopic (exact) mass is 375 g/mol. The van der Waals surface area contributed by atoms with Crippen molar-refractivity contribution in [1.82, 2.24) is 4.90 Å². The Morgan fingerprint density at radius 2 is 1.96 bits per heavy atom. The van der Waals surface area contributed by atoms with Crippen molar-refractivity contribution >= 4 is 23.5 Å². The highest BCUT2D eigenvalue weighted by atomic mass is 32.2. The minimum Gasteiger partial charge on any atom is -0.486 e. The molecule has 5 nitrogen and oxygen atoms in total. The zero-order chi connectivity index (χ0) is 18.0. The number of rotatable bonds is 3. The lowest BCUT2D eigenvalue weighted by Gasteiger charge is -2.40. The summed E-state index contributed by atoms with van der Waals surface area (Å²) in [7, 11) is 0. The summed E-state index contributed by atoms with van der Waals surface area (Å²) < 4.78 is 12.0. The summed E-state index contributed by atoms with van der Waals surface area (Å²) in [6.07, 6.45) is 5.80. The number of benzene rings is 1. The second-order valence-electron chi connectivity index (χ2n) is 7.39. The third-order valence-electron chi connectivity index (χ3n) is 5.55. The zero-order valence-corrected chi connectivity index (χ0v) is 15.8. The van der Waals surface area contributed by atoms with E-state index in [0.29, 0.717) is 23.5 Å². The van der Waals surface area contributed by atoms with E-state index < -0.39 is 0 Å². The molecule has 2 aliphatic heterocycles. The van der Waals surface area contributed by atoms with Crippen molar-refractivity contribution in [3.63, 3.8) is 0 Å². The Morgan fingerprint density at radius 3 is 2.73 bits per heavy atom. The van der Waals surface area contributed by atoms with E-state index in [0.717, 1.165) is 50.3 Å². The van der Waals surface area contributed by atoms with E-state index in [1.165, 1.54) is 6.42 Å². The van der Waals surface area contributed by atoms with Crippen LogP contribution >= 0.6 is 11.8 Å². The second-order valence-corrected chi connectivity index (χ2v) is 8.61. The Hall–Kier alpha value is -1.69. The molecular weight excluding hydrogens is 350 g/mol. The van der Waals surface area contributed by atoms with Gasteiger partial charge < -0.3 is 14.4 Å². The lowest BCUT2D eigenvalue weighted by Crippen LogP contribution is -2.43. The summed E-state index contributed by atoms with van der Waals surface area (Å²) in [5.74, 6) is 3.35. The molecule has 4 rings (SSSR count). The summed E-state index contributed by atoms with van der Waals surface area (Å²) in [6, 6.07) is 5.31. The van der Waals surface area contributed by atoms with Crippen LogP contribution in [0.25, 0.3) is 0 Å². The van der Waals surface area contributed by atoms with Crippen molar-refractivity contribution in [3.8, 4) is 11.5 Å². The van der Waals surface area contributed by atoms with Gasteiger partial charge in [-0.1, -0.05) is 6.42 Å². The molecule has 1 saturated carbocycles. The number of thioether (sulfide) groups is 1. The molecule has 2 fully saturated rings. The van der Waals surface area contributed by atoms with E-state index in [9.17, 15) is 9.59 Å². The average Bonchev–Trinajstić information content (AvgIpc) is 2.67. The minimum atomic E-state index is -0.331. The molecule has 1 spiro atoms. The molecule has 0 bridgehead atoms. The lowest BCUT2D eigenvalue weighted by molar-refractivity contribution is -0.133. The third-order valence-corrected chi connectivity index (χ3v) is 6.50. The summed E-state index contributed by atoms with van der Waals surface area (Å²) >= 11 is 1.87. The molecule has 0 unspecified atom stereocenters. The highest BCUT2D eigenvalue weighted by Crippen LogP contribution is 2.42. The molecule has 2 heterocycles. The first-order valence-corrected chi connectivity index (χ1v) is 10.7. The first kappa shape index (κ1) is 17.7. The highest BCUT2D eigenvalue weighted by molar-refractivity contribution is 7.99. The van der Waals surface area contributed by atoms with Crippen molar-refractivity contribution in [2.75, 3.05) is 31.2 Å². The topological polar surface area (TPSA) is 55.8 Å². The molecule has 3 aliphatic rings. The number of hydrogen-bond acceptors (Lipinski definition) is 5. The molecule has 26 heavy (non-hydrogen) atoms. The van der Waals surface area contributed by atoms with Gasteiger partial charge in [0.15, 0.2) is 12.4 Å². The molecule has 0 atom stereocenters. The first-order valence-electron chi connectivity index (χ1n) is 9.50. The van der Waals surface area contributed by atoms with Crippen LogP contribution in [0.3, 0.4) is 0 Å². The maximum atomic E-state index is 12.6. The van der Waals surface area contributed by atoms with Gasteiger partial charge in [-0.3, -0.25) is 9.59 Å². The number of ether oxygens (including phenoxy) is 2. The van der Waals surface area contributed by atoms with E-state index in [-0.39, 0.29) is 23.9 Å². The number of nitrogens with zero attached hydrogens (tertiary/aromatic N) is 1. The molecule has 1 amide bonds. The molecule has 1 saturated heterocycles. The number of fused-ring (bicyclic) bond motifs is 1. The van der Waals surface area contributed by atoms with Crippen LogP contribution in [0, 0.1) is 0 Å². The number of Topliss-reactive ketones (excluding diaryl/α,β-unsaturated/α-hetero) is 1. The Kier molecular flexibility index (Phi) is 5.11. The number of hydrogen-bond donors (Lipinski definition) is 0. The van der Waals surface area contributed by atoms with E-state index >= 15 is 0 Å². The van der Waals surface area contributed by atoms with Crippen LogP contribution < -0.4 is 9.47 Å². The zero-order valence-electron chi connectivity index (χ0n) is 15.0. The lowest BCUT2D eigenvalue weighted by atomic mass is 9.78. The molecular formula is C20H25NO4S. The van der Waals surface area contributed by atoms with Gasteiger partial charge >= 0.3 is 0 Å². The number of amides is 1. The predicted molar refractivity (Wildman–Crippen MR) is 101 cm³/mol. The Morgan fingerprint density at radius 1 is 1.19 bits per heavy atom. The Labute approximate surface area is 158 Å². The van der Waals surface area contributed by atoms with E-state index in [1.807, 2.05) is 16.7 Å². The van der Waals surface area contributed by atoms with E-state index in [4.69, 9.17) is 9.47 Å². The fourth-order valence-corrected chi connectivity index (χ4v) is 4.99. The van der Waals surface area contributed by atoms with Crippen molar-refractivity contribution in [1.29, 1.82) is 0 Å². The Balaban J connectivity index is 1.44. The van der Waals surface area contributed by atoms with Crippen LogP contribution in [-0.4, -0.2) is 53.4 Å². The van der Waals surface area contributed by atoms with E-state index in [1.54, 1.807) is 18.2 Å². The SMILES string of the molecule is O=C1CC2(CCCCC2)Oc2cc(OCC(=O)N3CCSCC3)ccc21. The average molecular weight is 375 g/mol. The molecule has 0 N–H and O–H groups in total. The number of carbonyl (C=O) groups excluding carboxylic acids is 2. The summed E-state index contributed by atoms with van der Waals surface area (Å²) in [5.41, 5.74) is 0.301. The van der Waals surface area contributed by atoms with Gasteiger partial charge in [0.05, 0.1) is 12.0 Å². The van der Waals surface area contributed by atoms with Crippen molar-refractivity contribution in [2.45, 2.75) is 44.1 Å². The minimum absolute atomic E-state index is 0.0174. The maximum absolute atomic E-state index is 12.6. The normalized spacial score (nSPS) is 21.8. The molecule has 6 heteroatoms. The fraction of sp³-hybridized carbons (Fsp3) is 0.600. The van der Waals surface area contributed by atoms with Crippen molar-refractivity contribution < 1.29 is 19.1 Å². The van der Waals surface area contributed by atoms with Gasteiger partial charge in [-0.2, -0.15) is 11.8 Å². The van der Waals surface area contributed by atoms with Gasteiger partial charge in [-0.05, 0) is 37.8 Å². The number of ketones is 1.